The number of pyridine rings is 1. The molecule has 0 radical (unpaired) electrons. The van der Waals surface area contributed by atoms with Gasteiger partial charge in [-0.05, 0) is 12.1 Å². The second-order valence-corrected chi connectivity index (χ2v) is 5.48. The van der Waals surface area contributed by atoms with Crippen LogP contribution < -0.4 is 16.4 Å². The van der Waals surface area contributed by atoms with E-state index in [0.717, 1.165) is 0 Å². The zero-order valence-corrected chi connectivity index (χ0v) is 12.2. The first-order valence-electron chi connectivity index (χ1n) is 6.82. The molecule has 0 saturated carbocycles. The highest BCUT2D eigenvalue weighted by atomic mass is 16.2. The number of hydrogen-bond donors (Lipinski definition) is 4. The third-order valence-electron chi connectivity index (χ3n) is 3.53. The summed E-state index contributed by atoms with van der Waals surface area (Å²) in [6.45, 7) is 3.55. The summed E-state index contributed by atoms with van der Waals surface area (Å²) in [4.78, 5) is 30.6. The molecule has 2 aromatic heterocycles. The molecule has 0 unspecified atom stereocenters. The van der Waals surface area contributed by atoms with Crippen molar-refractivity contribution in [2.75, 3.05) is 5.32 Å². The van der Waals surface area contributed by atoms with Gasteiger partial charge >= 0.3 is 0 Å². The molecule has 0 aliphatic rings. The van der Waals surface area contributed by atoms with Crippen LogP contribution in [0.4, 0.5) is 5.69 Å². The number of amides is 2. The van der Waals surface area contributed by atoms with Gasteiger partial charge in [-0.15, -0.1) is 0 Å². The number of nitrogens with two attached hydrogens (primary N) is 1. The van der Waals surface area contributed by atoms with Crippen LogP contribution in [0.5, 0.6) is 0 Å². The minimum atomic E-state index is -0.601. The highest BCUT2D eigenvalue weighted by Gasteiger charge is 2.17. The summed E-state index contributed by atoms with van der Waals surface area (Å²) < 4.78 is 0. The smallest absolute Gasteiger partial charge is 0.265 e. The Labute approximate surface area is 125 Å². The van der Waals surface area contributed by atoms with Crippen LogP contribution in [-0.2, 0) is 4.79 Å². The van der Waals surface area contributed by atoms with E-state index in [9.17, 15) is 9.59 Å². The monoisotopic (exact) mass is 297 g/mol. The van der Waals surface area contributed by atoms with Gasteiger partial charge in [0.05, 0.1) is 22.1 Å². The topological polar surface area (TPSA) is 125 Å². The van der Waals surface area contributed by atoms with E-state index in [2.05, 4.69) is 15.3 Å². The van der Waals surface area contributed by atoms with Crippen LogP contribution in [0.25, 0.3) is 21.8 Å². The molecule has 0 saturated heterocycles. The predicted molar refractivity (Wildman–Crippen MR) is 82.6 cm³/mol. The average Bonchev–Trinajstić information content (AvgIpc) is 2.88. The molecular weight excluding hydrogens is 282 g/mol. The summed E-state index contributed by atoms with van der Waals surface area (Å²) in [5.41, 5.74) is 7.06. The predicted octanol–water partition coefficient (Wildman–Crippen LogP) is 1.33. The van der Waals surface area contributed by atoms with Gasteiger partial charge in [0.2, 0.25) is 5.91 Å². The first-order chi connectivity index (χ1) is 10.4. The van der Waals surface area contributed by atoms with Crippen LogP contribution >= 0.6 is 0 Å². The second kappa shape index (κ2) is 4.80. The van der Waals surface area contributed by atoms with Crippen LogP contribution in [0, 0.1) is 11.3 Å². The largest absolute Gasteiger partial charge is 0.364 e. The van der Waals surface area contributed by atoms with Crippen molar-refractivity contribution in [1.29, 1.82) is 5.41 Å². The molecule has 7 heteroatoms. The lowest BCUT2D eigenvalue weighted by atomic mass is 10.1. The maximum atomic E-state index is 12.0. The summed E-state index contributed by atoms with van der Waals surface area (Å²) in [5, 5.41) is 12.4. The van der Waals surface area contributed by atoms with Gasteiger partial charge in [-0.25, -0.2) is 0 Å². The molecule has 2 amide bonds. The number of nitrogens with one attached hydrogen (secondary N) is 3. The number of aromatic amines is 1. The molecule has 2 heterocycles. The molecule has 0 spiro atoms. The van der Waals surface area contributed by atoms with Gasteiger partial charge in [-0.3, -0.25) is 20.0 Å². The second-order valence-electron chi connectivity index (χ2n) is 5.48. The Morgan fingerprint density at radius 3 is 2.73 bits per heavy atom. The van der Waals surface area contributed by atoms with Crippen molar-refractivity contribution in [2.45, 2.75) is 13.8 Å². The molecule has 0 fully saturated rings. The fourth-order valence-corrected chi connectivity index (χ4v) is 2.36. The lowest BCUT2D eigenvalue weighted by Crippen LogP contribution is -2.20. The number of hydrogen-bond acceptors (Lipinski definition) is 4. The van der Waals surface area contributed by atoms with E-state index in [-0.39, 0.29) is 22.9 Å². The van der Waals surface area contributed by atoms with E-state index in [0.29, 0.717) is 27.5 Å². The summed E-state index contributed by atoms with van der Waals surface area (Å²) in [6, 6.07) is 3.11. The van der Waals surface area contributed by atoms with Crippen molar-refractivity contribution in [2.24, 2.45) is 11.7 Å². The number of anilines is 1. The molecular formula is C15H15N5O2. The Morgan fingerprint density at radius 2 is 2.09 bits per heavy atom. The van der Waals surface area contributed by atoms with Gasteiger partial charge < -0.3 is 16.0 Å². The van der Waals surface area contributed by atoms with E-state index in [1.165, 1.54) is 6.07 Å². The maximum absolute atomic E-state index is 12.0. The molecule has 112 valence electrons. The van der Waals surface area contributed by atoms with Crippen molar-refractivity contribution in [1.82, 2.24) is 9.97 Å². The molecule has 3 rings (SSSR count). The number of aromatic nitrogens is 2. The molecule has 0 bridgehead atoms. The number of nitrogens with zero attached hydrogens (tertiary/aromatic N) is 1. The Bertz CT molecular complexity index is 958. The van der Waals surface area contributed by atoms with Crippen molar-refractivity contribution < 1.29 is 9.59 Å². The van der Waals surface area contributed by atoms with Crippen LogP contribution in [0.2, 0.25) is 0 Å². The van der Waals surface area contributed by atoms with E-state index in [4.69, 9.17) is 11.1 Å². The molecule has 7 nitrogen and oxygen atoms in total. The summed E-state index contributed by atoms with van der Waals surface area (Å²) >= 11 is 0. The number of carbonyl (C=O) groups excluding carboxylic acids is 2. The van der Waals surface area contributed by atoms with Gasteiger partial charge in [0.1, 0.15) is 5.69 Å². The third kappa shape index (κ3) is 2.07. The zero-order valence-electron chi connectivity index (χ0n) is 12.2. The fourth-order valence-electron chi connectivity index (χ4n) is 2.36. The normalized spacial score (nSPS) is 11.4. The zero-order chi connectivity index (χ0) is 16.0. The number of benzene rings is 1. The Hall–Kier alpha value is -2.96. The van der Waals surface area contributed by atoms with Crippen LogP contribution in [0.3, 0.4) is 0 Å². The van der Waals surface area contributed by atoms with Crippen LogP contribution in [0.15, 0.2) is 18.3 Å². The van der Waals surface area contributed by atoms with Gasteiger partial charge in [-0.2, -0.15) is 0 Å². The van der Waals surface area contributed by atoms with Gasteiger partial charge in [0.15, 0.2) is 0 Å². The summed E-state index contributed by atoms with van der Waals surface area (Å²) in [7, 11) is 0. The van der Waals surface area contributed by atoms with Crippen LogP contribution in [-0.4, -0.2) is 21.8 Å². The van der Waals surface area contributed by atoms with Crippen LogP contribution in [0.1, 0.15) is 24.3 Å². The number of primary amides is 1. The number of rotatable bonds is 3. The molecule has 1 aromatic carbocycles. The van der Waals surface area contributed by atoms with Crippen molar-refractivity contribution in [3.63, 3.8) is 0 Å². The fraction of sp³-hybridized carbons (Fsp3) is 0.200. The Balaban J connectivity index is 2.34. The third-order valence-corrected chi connectivity index (χ3v) is 3.53. The summed E-state index contributed by atoms with van der Waals surface area (Å²) in [6.07, 6.45) is 1.59. The van der Waals surface area contributed by atoms with Gasteiger partial charge in [0, 0.05) is 22.9 Å². The maximum Gasteiger partial charge on any atom is 0.265 e. The van der Waals surface area contributed by atoms with Crippen molar-refractivity contribution >= 4 is 39.3 Å². The van der Waals surface area contributed by atoms with E-state index >= 15 is 0 Å². The first kappa shape index (κ1) is 14.0. The standard InChI is InChI=1S/C15H15N5O2/c1-6(2)15(22)20-9-4-8(16)12-11-7(5-18-12)3-10(14(17)21)19-13(9)11/h3-6,16,19H,1-2H3,(H2,17,21)(H,20,22). The Kier molecular flexibility index (Phi) is 3.05. The quantitative estimate of drug-likeness (QED) is 0.582. The van der Waals surface area contributed by atoms with Crippen molar-refractivity contribution in [3.05, 3.63) is 29.4 Å². The van der Waals surface area contributed by atoms with Gasteiger partial charge in [-0.1, -0.05) is 13.8 Å². The number of carbonyl (C=O) groups is 2. The molecule has 3 aromatic rings. The highest BCUT2D eigenvalue weighted by molar-refractivity contribution is 6.15. The average molecular weight is 297 g/mol. The minimum Gasteiger partial charge on any atom is -0.364 e. The molecule has 22 heavy (non-hydrogen) atoms. The van der Waals surface area contributed by atoms with E-state index in [1.807, 2.05) is 0 Å². The molecule has 5 N–H and O–H groups in total. The SMILES string of the molecule is CC(C)C(=O)Nc1cc(=N)c2ncc3cc(C(N)=O)[nH]c1c32. The molecule has 0 aliphatic heterocycles. The number of H-pyrrole nitrogens is 1. The Morgan fingerprint density at radius 1 is 1.36 bits per heavy atom. The lowest BCUT2D eigenvalue weighted by molar-refractivity contribution is -0.118. The molecule has 0 atom stereocenters. The minimum absolute atomic E-state index is 0.173. The van der Waals surface area contributed by atoms with Crippen molar-refractivity contribution in [3.8, 4) is 0 Å². The first-order valence-corrected chi connectivity index (χ1v) is 6.82. The highest BCUT2D eigenvalue weighted by Crippen LogP contribution is 2.29. The lowest BCUT2D eigenvalue weighted by Gasteiger charge is -2.12. The van der Waals surface area contributed by atoms with E-state index in [1.54, 1.807) is 26.1 Å². The molecule has 0 aliphatic carbocycles. The van der Waals surface area contributed by atoms with E-state index < -0.39 is 5.91 Å². The summed E-state index contributed by atoms with van der Waals surface area (Å²) in [5.74, 6) is -0.979. The van der Waals surface area contributed by atoms with Gasteiger partial charge in [0.25, 0.3) is 5.91 Å².